The summed E-state index contributed by atoms with van der Waals surface area (Å²) in [7, 11) is 0. The van der Waals surface area contributed by atoms with Crippen LogP contribution in [0.1, 0.15) is 25.7 Å². The van der Waals surface area contributed by atoms with Crippen LogP contribution >= 0.6 is 11.8 Å². The lowest BCUT2D eigenvalue weighted by atomic mass is 10.3. The molecule has 1 aliphatic rings. The lowest BCUT2D eigenvalue weighted by molar-refractivity contribution is -0.116. The largest absolute Gasteiger partial charge is 0.323 e. The van der Waals surface area contributed by atoms with Gasteiger partial charge in [-0.1, -0.05) is 25.0 Å². The maximum atomic E-state index is 12.0. The van der Waals surface area contributed by atoms with Gasteiger partial charge in [-0.25, -0.2) is 4.68 Å². The molecule has 1 fully saturated rings. The maximum Gasteiger partial charge on any atom is 0.246 e. The Bertz CT molecular complexity index is 595. The highest BCUT2D eigenvalue weighted by molar-refractivity contribution is 8.00. The highest BCUT2D eigenvalue weighted by Crippen LogP contribution is 2.37. The molecular weight excluding hydrogens is 286 g/mol. The number of nitrogens with one attached hydrogen (secondary N) is 1. The van der Waals surface area contributed by atoms with E-state index in [-0.39, 0.29) is 12.5 Å². The average molecular weight is 303 g/mol. The molecule has 1 aromatic carbocycles. The van der Waals surface area contributed by atoms with Crippen LogP contribution in [0.25, 0.3) is 0 Å². The monoisotopic (exact) mass is 303 g/mol. The molecule has 0 radical (unpaired) electrons. The van der Waals surface area contributed by atoms with E-state index >= 15 is 0 Å². The molecule has 1 heterocycles. The Morgan fingerprint density at radius 3 is 2.90 bits per heavy atom. The number of para-hydroxylation sites is 1. The molecule has 7 heteroatoms. The van der Waals surface area contributed by atoms with E-state index in [2.05, 4.69) is 26.9 Å². The minimum Gasteiger partial charge on any atom is -0.323 e. The molecule has 1 saturated carbocycles. The number of amides is 1. The highest BCUT2D eigenvalue weighted by Gasteiger charge is 2.18. The van der Waals surface area contributed by atoms with Crippen molar-refractivity contribution in [2.45, 2.75) is 42.4 Å². The summed E-state index contributed by atoms with van der Waals surface area (Å²) in [6, 6.07) is 7.95. The van der Waals surface area contributed by atoms with E-state index < -0.39 is 0 Å². The van der Waals surface area contributed by atoms with Crippen molar-refractivity contribution in [2.75, 3.05) is 5.32 Å². The number of aromatic nitrogens is 4. The van der Waals surface area contributed by atoms with Crippen molar-refractivity contribution in [3.63, 3.8) is 0 Å². The predicted octanol–water partition coefficient (Wildman–Crippen LogP) is 2.35. The first kappa shape index (κ1) is 14.1. The number of carbonyl (C=O) groups is 1. The van der Waals surface area contributed by atoms with E-state index in [1.54, 1.807) is 0 Å². The van der Waals surface area contributed by atoms with Gasteiger partial charge in [0.1, 0.15) is 12.9 Å². The smallest absolute Gasteiger partial charge is 0.246 e. The van der Waals surface area contributed by atoms with Gasteiger partial charge in [-0.3, -0.25) is 4.79 Å². The van der Waals surface area contributed by atoms with Crippen LogP contribution in [-0.2, 0) is 11.3 Å². The number of carbonyl (C=O) groups excluding carboxylic acids is 1. The van der Waals surface area contributed by atoms with Crippen LogP contribution in [-0.4, -0.2) is 31.4 Å². The van der Waals surface area contributed by atoms with Crippen molar-refractivity contribution in [2.24, 2.45) is 0 Å². The van der Waals surface area contributed by atoms with Crippen LogP contribution in [0.5, 0.6) is 0 Å². The third-order valence-electron chi connectivity index (χ3n) is 3.45. The fraction of sp³-hybridized carbons (Fsp3) is 0.429. The van der Waals surface area contributed by atoms with Crippen molar-refractivity contribution in [1.82, 2.24) is 20.2 Å². The maximum absolute atomic E-state index is 12.0. The molecule has 1 N–H and O–H groups in total. The zero-order valence-electron chi connectivity index (χ0n) is 11.6. The Hall–Kier alpha value is -1.89. The number of benzene rings is 1. The Balaban J connectivity index is 1.65. The highest BCUT2D eigenvalue weighted by atomic mass is 32.2. The average Bonchev–Trinajstić information content (AvgIpc) is 3.14. The summed E-state index contributed by atoms with van der Waals surface area (Å²) in [5.41, 5.74) is 0.868. The van der Waals surface area contributed by atoms with Crippen LogP contribution in [0, 0.1) is 0 Å². The molecule has 0 bridgehead atoms. The van der Waals surface area contributed by atoms with Crippen molar-refractivity contribution < 1.29 is 4.79 Å². The molecule has 0 spiro atoms. The van der Waals surface area contributed by atoms with Gasteiger partial charge in [0.2, 0.25) is 5.91 Å². The van der Waals surface area contributed by atoms with E-state index in [4.69, 9.17) is 0 Å². The van der Waals surface area contributed by atoms with Gasteiger partial charge >= 0.3 is 0 Å². The van der Waals surface area contributed by atoms with Crippen LogP contribution in [0.4, 0.5) is 5.69 Å². The van der Waals surface area contributed by atoms with Gasteiger partial charge < -0.3 is 5.32 Å². The van der Waals surface area contributed by atoms with Gasteiger partial charge in [-0.2, -0.15) is 0 Å². The molecule has 1 amide bonds. The fourth-order valence-corrected chi connectivity index (χ4v) is 3.78. The predicted molar refractivity (Wildman–Crippen MR) is 81.0 cm³/mol. The molecule has 0 atom stereocenters. The van der Waals surface area contributed by atoms with Crippen LogP contribution in [0.2, 0.25) is 0 Å². The summed E-state index contributed by atoms with van der Waals surface area (Å²) in [6.07, 6.45) is 6.57. The second-order valence-electron chi connectivity index (χ2n) is 5.08. The van der Waals surface area contributed by atoms with Crippen molar-refractivity contribution >= 4 is 23.4 Å². The Kier molecular flexibility index (Phi) is 4.49. The number of rotatable bonds is 5. The SMILES string of the molecule is O=C(Cn1cnnn1)Nc1ccccc1SC1CCCC1. The van der Waals surface area contributed by atoms with Gasteiger partial charge in [0.25, 0.3) is 0 Å². The van der Waals surface area contributed by atoms with Gasteiger partial charge in [0, 0.05) is 10.1 Å². The topological polar surface area (TPSA) is 72.7 Å². The van der Waals surface area contributed by atoms with Crippen molar-refractivity contribution in [3.05, 3.63) is 30.6 Å². The molecular formula is C14H17N5OS. The molecule has 21 heavy (non-hydrogen) atoms. The summed E-state index contributed by atoms with van der Waals surface area (Å²) >= 11 is 1.87. The van der Waals surface area contributed by atoms with E-state index in [9.17, 15) is 4.79 Å². The molecule has 2 aromatic rings. The molecule has 0 unspecified atom stereocenters. The lowest BCUT2D eigenvalue weighted by Gasteiger charge is -2.13. The lowest BCUT2D eigenvalue weighted by Crippen LogP contribution is -2.19. The standard InChI is InChI=1S/C14H17N5OS/c20-14(9-19-10-15-17-18-19)16-12-7-3-4-8-13(12)21-11-5-1-2-6-11/h3-4,7-8,10-11H,1-2,5-6,9H2,(H,16,20). The van der Waals surface area contributed by atoms with Crippen LogP contribution < -0.4 is 5.32 Å². The first-order valence-corrected chi connectivity index (χ1v) is 7.95. The first-order chi connectivity index (χ1) is 10.3. The molecule has 3 rings (SSSR count). The second kappa shape index (κ2) is 6.71. The fourth-order valence-electron chi connectivity index (χ4n) is 2.45. The third kappa shape index (κ3) is 3.81. The van der Waals surface area contributed by atoms with Crippen molar-refractivity contribution in [1.29, 1.82) is 0 Å². The van der Waals surface area contributed by atoms with E-state index in [0.29, 0.717) is 5.25 Å². The zero-order chi connectivity index (χ0) is 14.5. The quantitative estimate of drug-likeness (QED) is 0.918. The number of thioether (sulfide) groups is 1. The van der Waals surface area contributed by atoms with Crippen LogP contribution in [0.3, 0.4) is 0 Å². The molecule has 6 nitrogen and oxygen atoms in total. The third-order valence-corrected chi connectivity index (χ3v) is 4.87. The molecule has 1 aliphatic carbocycles. The minimum absolute atomic E-state index is 0.120. The van der Waals surface area contributed by atoms with Gasteiger partial charge in [-0.05, 0) is 35.4 Å². The molecule has 0 saturated heterocycles. The Labute approximate surface area is 127 Å². The van der Waals surface area contributed by atoms with Gasteiger partial charge in [0.05, 0.1) is 5.69 Å². The Morgan fingerprint density at radius 1 is 1.33 bits per heavy atom. The molecule has 0 aliphatic heterocycles. The minimum atomic E-state index is -0.123. The van der Waals surface area contributed by atoms with E-state index in [1.807, 2.05) is 30.0 Å². The number of anilines is 1. The summed E-state index contributed by atoms with van der Waals surface area (Å²) in [5.74, 6) is -0.123. The van der Waals surface area contributed by atoms with E-state index in [0.717, 1.165) is 10.6 Å². The van der Waals surface area contributed by atoms with Gasteiger partial charge in [0.15, 0.2) is 0 Å². The summed E-state index contributed by atoms with van der Waals surface area (Å²) in [6.45, 7) is 0.120. The van der Waals surface area contributed by atoms with Crippen molar-refractivity contribution in [3.8, 4) is 0 Å². The van der Waals surface area contributed by atoms with E-state index in [1.165, 1.54) is 36.7 Å². The summed E-state index contributed by atoms with van der Waals surface area (Å²) in [5, 5.41) is 14.3. The number of nitrogens with zero attached hydrogens (tertiary/aromatic N) is 4. The van der Waals surface area contributed by atoms with Gasteiger partial charge in [-0.15, -0.1) is 16.9 Å². The number of tetrazole rings is 1. The normalized spacial score (nSPS) is 15.2. The second-order valence-corrected chi connectivity index (χ2v) is 6.42. The number of hydrogen-bond acceptors (Lipinski definition) is 5. The molecule has 110 valence electrons. The molecule has 1 aromatic heterocycles. The summed E-state index contributed by atoms with van der Waals surface area (Å²) < 4.78 is 1.40. The van der Waals surface area contributed by atoms with Crippen LogP contribution in [0.15, 0.2) is 35.5 Å². The Morgan fingerprint density at radius 2 is 2.14 bits per heavy atom. The summed E-state index contributed by atoms with van der Waals surface area (Å²) in [4.78, 5) is 13.2. The zero-order valence-corrected chi connectivity index (χ0v) is 12.4. The number of hydrogen-bond donors (Lipinski definition) is 1. The first-order valence-electron chi connectivity index (χ1n) is 7.07.